The molecule has 114 valence electrons. The van der Waals surface area contributed by atoms with Crippen LogP contribution in [0.25, 0.3) is 0 Å². The van der Waals surface area contributed by atoms with E-state index in [1.165, 1.54) is 5.56 Å². The molecule has 21 heavy (non-hydrogen) atoms. The van der Waals surface area contributed by atoms with Gasteiger partial charge >= 0.3 is 0 Å². The largest absolute Gasteiger partial charge is 0.304 e. The Morgan fingerprint density at radius 3 is 2.67 bits per heavy atom. The number of hydrogen-bond donors (Lipinski definition) is 1. The van der Waals surface area contributed by atoms with Crippen molar-refractivity contribution in [3.05, 3.63) is 50.9 Å². The minimum atomic E-state index is 0.0817. The Labute approximate surface area is 136 Å². The molecule has 0 spiro atoms. The molecule has 1 atom stereocenters. The summed E-state index contributed by atoms with van der Waals surface area (Å²) < 4.78 is 0. The number of nitrogens with zero attached hydrogens (tertiary/aromatic N) is 1. The van der Waals surface area contributed by atoms with Crippen LogP contribution in [0.15, 0.2) is 29.6 Å². The van der Waals surface area contributed by atoms with Crippen LogP contribution in [0, 0.1) is 0 Å². The lowest BCUT2D eigenvalue weighted by Gasteiger charge is -2.18. The highest BCUT2D eigenvalue weighted by atomic mass is 35.5. The Morgan fingerprint density at radius 2 is 2.10 bits per heavy atom. The Morgan fingerprint density at radius 1 is 1.33 bits per heavy atom. The number of rotatable bonds is 5. The standard InChI is InChI=1S/C17H23ClN2S/c1-5-9-19-15(12-7-6-8-13(18)10-12)16-20-14(11-21-16)17(2,3)4/h6-8,10-11,15,19H,5,9H2,1-4H3. The summed E-state index contributed by atoms with van der Waals surface area (Å²) in [7, 11) is 0. The predicted octanol–water partition coefficient (Wildman–Crippen LogP) is 5.18. The molecule has 2 rings (SSSR count). The fraction of sp³-hybridized carbons (Fsp3) is 0.471. The molecule has 1 aromatic heterocycles. The van der Waals surface area contributed by atoms with E-state index >= 15 is 0 Å². The molecule has 2 aromatic rings. The Bertz CT molecular complexity index is 586. The third-order valence-electron chi connectivity index (χ3n) is 3.32. The molecule has 0 bridgehead atoms. The fourth-order valence-electron chi connectivity index (χ4n) is 2.09. The van der Waals surface area contributed by atoms with Crippen LogP contribution < -0.4 is 5.32 Å². The second-order valence-electron chi connectivity index (χ2n) is 6.26. The minimum Gasteiger partial charge on any atom is -0.304 e. The summed E-state index contributed by atoms with van der Waals surface area (Å²) >= 11 is 7.86. The maximum Gasteiger partial charge on any atom is 0.114 e. The van der Waals surface area contributed by atoms with Crippen LogP contribution in [-0.4, -0.2) is 11.5 Å². The first-order chi connectivity index (χ1) is 9.91. The summed E-state index contributed by atoms with van der Waals surface area (Å²) in [6.07, 6.45) is 1.09. The van der Waals surface area contributed by atoms with Gasteiger partial charge in [-0.05, 0) is 30.7 Å². The molecule has 0 aliphatic heterocycles. The van der Waals surface area contributed by atoms with E-state index in [0.29, 0.717) is 0 Å². The van der Waals surface area contributed by atoms with Gasteiger partial charge in [-0.3, -0.25) is 0 Å². The highest BCUT2D eigenvalue weighted by Gasteiger charge is 2.22. The number of thiazole rings is 1. The summed E-state index contributed by atoms with van der Waals surface area (Å²) in [4.78, 5) is 4.85. The summed E-state index contributed by atoms with van der Waals surface area (Å²) in [6.45, 7) is 9.71. The Kier molecular flexibility index (Phi) is 5.42. The average Bonchev–Trinajstić information content (AvgIpc) is 2.89. The van der Waals surface area contributed by atoms with E-state index in [2.05, 4.69) is 44.5 Å². The highest BCUT2D eigenvalue weighted by molar-refractivity contribution is 7.09. The molecule has 0 saturated heterocycles. The van der Waals surface area contributed by atoms with Crippen molar-refractivity contribution in [2.75, 3.05) is 6.54 Å². The molecule has 1 unspecified atom stereocenters. The first-order valence-corrected chi connectivity index (χ1v) is 8.62. The van der Waals surface area contributed by atoms with E-state index < -0.39 is 0 Å². The van der Waals surface area contributed by atoms with Gasteiger partial charge in [0.05, 0.1) is 11.7 Å². The van der Waals surface area contributed by atoms with Crippen LogP contribution in [0.4, 0.5) is 0 Å². The van der Waals surface area contributed by atoms with Crippen LogP contribution in [0.2, 0.25) is 5.02 Å². The predicted molar refractivity (Wildman–Crippen MR) is 92.4 cm³/mol. The molecular formula is C17H23ClN2S. The van der Waals surface area contributed by atoms with Crippen LogP contribution >= 0.6 is 22.9 Å². The van der Waals surface area contributed by atoms with Crippen molar-refractivity contribution in [1.29, 1.82) is 0 Å². The second kappa shape index (κ2) is 6.91. The first-order valence-electron chi connectivity index (χ1n) is 7.36. The van der Waals surface area contributed by atoms with Gasteiger partial charge in [0.25, 0.3) is 0 Å². The summed E-state index contributed by atoms with van der Waals surface area (Å²) in [6, 6.07) is 8.15. The van der Waals surface area contributed by atoms with Crippen molar-refractivity contribution in [2.45, 2.75) is 45.6 Å². The van der Waals surface area contributed by atoms with Crippen molar-refractivity contribution in [3.63, 3.8) is 0 Å². The summed E-state index contributed by atoms with van der Waals surface area (Å²) in [5, 5.41) is 7.62. The molecule has 0 aliphatic carbocycles. The zero-order valence-electron chi connectivity index (χ0n) is 13.1. The first kappa shape index (κ1) is 16.5. The summed E-state index contributed by atoms with van der Waals surface area (Å²) in [5.41, 5.74) is 2.40. The third-order valence-corrected chi connectivity index (χ3v) is 4.46. The van der Waals surface area contributed by atoms with Crippen LogP contribution in [0.5, 0.6) is 0 Å². The van der Waals surface area contributed by atoms with Crippen molar-refractivity contribution < 1.29 is 0 Å². The topological polar surface area (TPSA) is 24.9 Å². The van der Waals surface area contributed by atoms with Gasteiger partial charge in [0.2, 0.25) is 0 Å². The van der Waals surface area contributed by atoms with Gasteiger partial charge in [-0.15, -0.1) is 11.3 Å². The molecule has 4 heteroatoms. The van der Waals surface area contributed by atoms with Crippen LogP contribution in [-0.2, 0) is 5.41 Å². The van der Waals surface area contributed by atoms with Crippen LogP contribution in [0.3, 0.4) is 0 Å². The fourth-order valence-corrected chi connectivity index (χ4v) is 3.43. The number of hydrogen-bond acceptors (Lipinski definition) is 3. The van der Waals surface area contributed by atoms with Gasteiger partial charge < -0.3 is 5.32 Å². The molecule has 0 saturated carbocycles. The zero-order chi connectivity index (χ0) is 15.5. The smallest absolute Gasteiger partial charge is 0.114 e. The maximum absolute atomic E-state index is 6.14. The Balaban J connectivity index is 2.34. The second-order valence-corrected chi connectivity index (χ2v) is 7.59. The lowest BCUT2D eigenvalue weighted by Crippen LogP contribution is -2.23. The molecule has 2 nitrogen and oxygen atoms in total. The molecular weight excluding hydrogens is 300 g/mol. The normalized spacial score (nSPS) is 13.4. The van der Waals surface area contributed by atoms with Gasteiger partial charge in [-0.1, -0.05) is 51.4 Å². The molecule has 1 N–H and O–H groups in total. The summed E-state index contributed by atoms with van der Waals surface area (Å²) in [5.74, 6) is 0. The van der Waals surface area contributed by atoms with E-state index in [4.69, 9.17) is 16.6 Å². The molecule has 0 amide bonds. The van der Waals surface area contributed by atoms with Crippen molar-refractivity contribution in [2.24, 2.45) is 0 Å². The van der Waals surface area contributed by atoms with E-state index in [1.807, 2.05) is 18.2 Å². The van der Waals surface area contributed by atoms with Gasteiger partial charge in [0.15, 0.2) is 0 Å². The van der Waals surface area contributed by atoms with Gasteiger partial charge in [0.1, 0.15) is 5.01 Å². The lowest BCUT2D eigenvalue weighted by atomic mass is 9.93. The van der Waals surface area contributed by atoms with E-state index in [0.717, 1.165) is 28.7 Å². The SMILES string of the molecule is CCCNC(c1cccc(Cl)c1)c1nc(C(C)(C)C)cs1. The molecule has 1 heterocycles. The van der Waals surface area contributed by atoms with Crippen LogP contribution in [0.1, 0.15) is 56.4 Å². The zero-order valence-corrected chi connectivity index (χ0v) is 14.7. The number of aromatic nitrogens is 1. The third kappa shape index (κ3) is 4.29. The quantitative estimate of drug-likeness (QED) is 0.820. The average molecular weight is 323 g/mol. The highest BCUT2D eigenvalue weighted by Crippen LogP contribution is 2.30. The van der Waals surface area contributed by atoms with Gasteiger partial charge in [-0.25, -0.2) is 4.98 Å². The van der Waals surface area contributed by atoms with E-state index in [1.54, 1.807) is 11.3 Å². The molecule has 0 radical (unpaired) electrons. The van der Waals surface area contributed by atoms with E-state index in [-0.39, 0.29) is 11.5 Å². The van der Waals surface area contributed by atoms with Gasteiger partial charge in [0, 0.05) is 15.8 Å². The minimum absolute atomic E-state index is 0.0817. The van der Waals surface area contributed by atoms with E-state index in [9.17, 15) is 0 Å². The maximum atomic E-state index is 6.14. The number of benzene rings is 1. The lowest BCUT2D eigenvalue weighted by molar-refractivity contribution is 0.557. The van der Waals surface area contributed by atoms with Gasteiger partial charge in [-0.2, -0.15) is 0 Å². The van der Waals surface area contributed by atoms with Crippen molar-refractivity contribution in [1.82, 2.24) is 10.3 Å². The Hall–Kier alpha value is -0.900. The molecule has 0 aliphatic rings. The van der Waals surface area contributed by atoms with Crippen molar-refractivity contribution in [3.8, 4) is 0 Å². The number of nitrogens with one attached hydrogen (secondary N) is 1. The van der Waals surface area contributed by atoms with Crippen molar-refractivity contribution >= 4 is 22.9 Å². The molecule has 1 aromatic carbocycles. The molecule has 0 fully saturated rings. The number of halogens is 1. The monoisotopic (exact) mass is 322 g/mol.